The Morgan fingerprint density at radius 2 is 2.22 bits per heavy atom. The summed E-state index contributed by atoms with van der Waals surface area (Å²) in [5, 5.41) is 0. The summed E-state index contributed by atoms with van der Waals surface area (Å²) in [6.45, 7) is 0.896. The average molecular weight is 267 g/mol. The number of benzene rings is 1. The van der Waals surface area contributed by atoms with E-state index >= 15 is 0 Å². The van der Waals surface area contributed by atoms with Gasteiger partial charge in [0, 0.05) is 6.54 Å². The highest BCUT2D eigenvalue weighted by Gasteiger charge is 2.19. The SMILES string of the molecule is Fc1cccc2c1nc(CCl)n2CCC1CCC1. The number of fused-ring (bicyclic) bond motifs is 1. The monoisotopic (exact) mass is 266 g/mol. The van der Waals surface area contributed by atoms with Gasteiger partial charge in [-0.05, 0) is 24.5 Å². The van der Waals surface area contributed by atoms with Gasteiger partial charge < -0.3 is 4.57 Å². The number of rotatable bonds is 4. The minimum Gasteiger partial charge on any atom is -0.327 e. The predicted molar refractivity (Wildman–Crippen MR) is 71.2 cm³/mol. The molecule has 0 N–H and O–H groups in total. The third-order valence-corrected chi connectivity index (χ3v) is 4.15. The lowest BCUT2D eigenvalue weighted by molar-refractivity contribution is 0.282. The summed E-state index contributed by atoms with van der Waals surface area (Å²) in [7, 11) is 0. The number of alkyl halides is 1. The highest BCUT2D eigenvalue weighted by molar-refractivity contribution is 6.16. The van der Waals surface area contributed by atoms with Gasteiger partial charge in [-0.3, -0.25) is 0 Å². The van der Waals surface area contributed by atoms with Crippen LogP contribution in [0.2, 0.25) is 0 Å². The summed E-state index contributed by atoms with van der Waals surface area (Å²) in [6, 6.07) is 5.10. The normalized spacial score (nSPS) is 16.1. The number of aryl methyl sites for hydroxylation is 1. The zero-order valence-corrected chi connectivity index (χ0v) is 11.0. The van der Waals surface area contributed by atoms with Gasteiger partial charge in [0.2, 0.25) is 0 Å². The van der Waals surface area contributed by atoms with Crippen LogP contribution in [-0.4, -0.2) is 9.55 Å². The molecule has 0 bridgehead atoms. The molecule has 1 aromatic heterocycles. The number of halogens is 2. The summed E-state index contributed by atoms with van der Waals surface area (Å²) in [5.74, 6) is 1.68. The van der Waals surface area contributed by atoms with Gasteiger partial charge in [-0.1, -0.05) is 25.3 Å². The first-order chi connectivity index (χ1) is 8.79. The van der Waals surface area contributed by atoms with Gasteiger partial charge in [-0.15, -0.1) is 11.6 Å². The van der Waals surface area contributed by atoms with E-state index in [0.717, 1.165) is 30.2 Å². The maximum Gasteiger partial charge on any atom is 0.151 e. The van der Waals surface area contributed by atoms with Crippen LogP contribution >= 0.6 is 11.6 Å². The largest absolute Gasteiger partial charge is 0.327 e. The molecule has 2 aromatic rings. The van der Waals surface area contributed by atoms with Crippen LogP contribution in [0.25, 0.3) is 11.0 Å². The summed E-state index contributed by atoms with van der Waals surface area (Å²) in [5.41, 5.74) is 1.31. The lowest BCUT2D eigenvalue weighted by Gasteiger charge is -2.25. The lowest BCUT2D eigenvalue weighted by Crippen LogP contribution is -2.14. The standard InChI is InChI=1S/C14H16ClFN2/c15-9-13-17-14-11(16)5-2-6-12(14)18(13)8-7-10-3-1-4-10/h2,5-6,10H,1,3-4,7-9H2. The van der Waals surface area contributed by atoms with Gasteiger partial charge in [0.25, 0.3) is 0 Å². The maximum atomic E-state index is 13.7. The van der Waals surface area contributed by atoms with Crippen molar-refractivity contribution in [1.82, 2.24) is 9.55 Å². The molecule has 96 valence electrons. The van der Waals surface area contributed by atoms with Crippen LogP contribution in [0.5, 0.6) is 0 Å². The van der Waals surface area contributed by atoms with Crippen LogP contribution in [0.4, 0.5) is 4.39 Å². The molecule has 0 saturated heterocycles. The minimum atomic E-state index is -0.263. The number of imidazole rings is 1. The number of hydrogen-bond acceptors (Lipinski definition) is 1. The molecule has 1 fully saturated rings. The Kier molecular flexibility index (Phi) is 3.25. The quantitative estimate of drug-likeness (QED) is 0.762. The summed E-state index contributed by atoms with van der Waals surface area (Å²) in [6.07, 6.45) is 5.16. The van der Waals surface area contributed by atoms with E-state index < -0.39 is 0 Å². The van der Waals surface area contributed by atoms with Crippen LogP contribution in [0.3, 0.4) is 0 Å². The molecule has 0 unspecified atom stereocenters. The Hall–Kier alpha value is -1.09. The second kappa shape index (κ2) is 4.88. The third-order valence-electron chi connectivity index (χ3n) is 3.91. The number of nitrogens with zero attached hydrogens (tertiary/aromatic N) is 2. The molecule has 2 nitrogen and oxygen atoms in total. The van der Waals surface area contributed by atoms with Crippen molar-refractivity contribution in [3.8, 4) is 0 Å². The van der Waals surface area contributed by atoms with Gasteiger partial charge >= 0.3 is 0 Å². The highest BCUT2D eigenvalue weighted by Crippen LogP contribution is 2.31. The Balaban J connectivity index is 1.94. The Labute approximate surface area is 111 Å². The Morgan fingerprint density at radius 3 is 2.89 bits per heavy atom. The first kappa shape index (κ1) is 12.0. The average Bonchev–Trinajstić information content (AvgIpc) is 2.67. The van der Waals surface area contributed by atoms with E-state index in [4.69, 9.17) is 11.6 Å². The third kappa shape index (κ3) is 2.01. The molecule has 0 radical (unpaired) electrons. The molecular weight excluding hydrogens is 251 g/mol. The van der Waals surface area contributed by atoms with E-state index in [0.29, 0.717) is 11.4 Å². The molecule has 4 heteroatoms. The van der Waals surface area contributed by atoms with Gasteiger partial charge in [-0.2, -0.15) is 0 Å². The fourth-order valence-corrected chi connectivity index (χ4v) is 2.81. The van der Waals surface area contributed by atoms with E-state index in [2.05, 4.69) is 9.55 Å². The van der Waals surface area contributed by atoms with Gasteiger partial charge in [-0.25, -0.2) is 9.37 Å². The van der Waals surface area contributed by atoms with Crippen LogP contribution < -0.4 is 0 Å². The van der Waals surface area contributed by atoms with Gasteiger partial charge in [0.15, 0.2) is 5.82 Å². The zero-order valence-electron chi connectivity index (χ0n) is 10.2. The molecule has 1 aliphatic carbocycles. The van der Waals surface area contributed by atoms with Crippen molar-refractivity contribution < 1.29 is 4.39 Å². The Morgan fingerprint density at radius 1 is 1.39 bits per heavy atom. The highest BCUT2D eigenvalue weighted by atomic mass is 35.5. The molecule has 1 aliphatic rings. The minimum absolute atomic E-state index is 0.263. The predicted octanol–water partition coefficient (Wildman–Crippen LogP) is 4.10. The topological polar surface area (TPSA) is 17.8 Å². The molecule has 3 rings (SSSR count). The first-order valence-corrected chi connectivity index (χ1v) is 7.02. The van der Waals surface area contributed by atoms with E-state index in [1.807, 2.05) is 6.07 Å². The fraction of sp³-hybridized carbons (Fsp3) is 0.500. The van der Waals surface area contributed by atoms with Crippen molar-refractivity contribution in [1.29, 1.82) is 0 Å². The van der Waals surface area contributed by atoms with E-state index in [9.17, 15) is 4.39 Å². The van der Waals surface area contributed by atoms with E-state index in [1.54, 1.807) is 6.07 Å². The van der Waals surface area contributed by atoms with Crippen LogP contribution in [0.15, 0.2) is 18.2 Å². The summed E-state index contributed by atoms with van der Waals surface area (Å²) in [4.78, 5) is 4.31. The lowest BCUT2D eigenvalue weighted by atomic mass is 9.83. The van der Waals surface area contributed by atoms with Crippen LogP contribution in [0, 0.1) is 11.7 Å². The molecule has 0 amide bonds. The zero-order chi connectivity index (χ0) is 12.5. The molecule has 0 spiro atoms. The maximum absolute atomic E-state index is 13.7. The molecule has 18 heavy (non-hydrogen) atoms. The van der Waals surface area contributed by atoms with Gasteiger partial charge in [0.1, 0.15) is 11.3 Å². The summed E-state index contributed by atoms with van der Waals surface area (Å²) < 4.78 is 15.7. The van der Waals surface area contributed by atoms with Gasteiger partial charge in [0.05, 0.1) is 11.4 Å². The van der Waals surface area contributed by atoms with Crippen molar-refractivity contribution in [2.45, 2.75) is 38.1 Å². The fourth-order valence-electron chi connectivity index (χ4n) is 2.61. The van der Waals surface area contributed by atoms with E-state index in [-0.39, 0.29) is 5.82 Å². The van der Waals surface area contributed by atoms with E-state index in [1.165, 1.54) is 25.3 Å². The number of hydrogen-bond donors (Lipinski definition) is 0. The Bertz CT molecular complexity index is 560. The van der Waals surface area contributed by atoms with Crippen molar-refractivity contribution in [3.05, 3.63) is 29.8 Å². The second-order valence-electron chi connectivity index (χ2n) is 5.01. The number of para-hydroxylation sites is 1. The molecule has 1 saturated carbocycles. The molecule has 1 aromatic carbocycles. The van der Waals surface area contributed by atoms with Crippen LogP contribution in [0.1, 0.15) is 31.5 Å². The first-order valence-electron chi connectivity index (χ1n) is 6.49. The van der Waals surface area contributed by atoms with Crippen LogP contribution in [-0.2, 0) is 12.4 Å². The molecule has 0 aliphatic heterocycles. The number of aromatic nitrogens is 2. The summed E-state index contributed by atoms with van der Waals surface area (Å²) >= 11 is 5.91. The van der Waals surface area contributed by atoms with Crippen molar-refractivity contribution >= 4 is 22.6 Å². The smallest absolute Gasteiger partial charge is 0.151 e. The molecular formula is C14H16ClFN2. The van der Waals surface area contributed by atoms with Crippen molar-refractivity contribution in [2.24, 2.45) is 5.92 Å². The van der Waals surface area contributed by atoms with Crippen molar-refractivity contribution in [2.75, 3.05) is 0 Å². The van der Waals surface area contributed by atoms with Crippen molar-refractivity contribution in [3.63, 3.8) is 0 Å². The second-order valence-corrected chi connectivity index (χ2v) is 5.27. The molecule has 1 heterocycles. The molecule has 0 atom stereocenters.